The van der Waals surface area contributed by atoms with Crippen molar-refractivity contribution in [1.82, 2.24) is 15.3 Å². The highest BCUT2D eigenvalue weighted by Crippen LogP contribution is 2.23. The zero-order chi connectivity index (χ0) is 20.1. The predicted octanol–water partition coefficient (Wildman–Crippen LogP) is 0.432. The predicted molar refractivity (Wildman–Crippen MR) is 101 cm³/mol. The van der Waals surface area contributed by atoms with Crippen molar-refractivity contribution in [2.75, 3.05) is 36.0 Å². The molecule has 1 saturated heterocycles. The van der Waals surface area contributed by atoms with Crippen molar-refractivity contribution >= 4 is 23.5 Å². The van der Waals surface area contributed by atoms with Crippen LogP contribution >= 0.6 is 0 Å². The smallest absolute Gasteiger partial charge is 0.306 e. The number of hydrogen-bond donors (Lipinski definition) is 3. The Hall–Kier alpha value is -3.27. The third-order valence-corrected chi connectivity index (χ3v) is 4.38. The minimum absolute atomic E-state index is 0.0819. The van der Waals surface area contributed by atoms with E-state index in [-0.39, 0.29) is 5.56 Å². The lowest BCUT2D eigenvalue weighted by Crippen LogP contribution is -2.47. The van der Waals surface area contributed by atoms with E-state index in [0.29, 0.717) is 37.8 Å². The summed E-state index contributed by atoms with van der Waals surface area (Å²) < 4.78 is 14.6. The number of carbonyl (C=O) groups excluding carboxylic acids is 1. The van der Waals surface area contributed by atoms with Gasteiger partial charge in [0.2, 0.25) is 5.95 Å². The molecular formula is C18H21FN6O3. The maximum Gasteiger partial charge on any atom is 0.306 e. The lowest BCUT2D eigenvalue weighted by atomic mass is 10.1. The summed E-state index contributed by atoms with van der Waals surface area (Å²) in [6.45, 7) is 2.47. The SMILES string of the molecule is NC(CC(=O)O)NC(=O)c1ccc(N2CCN(c3ncccn3)CC2)c(F)c1. The molecule has 0 radical (unpaired) electrons. The lowest BCUT2D eigenvalue weighted by Gasteiger charge is -2.36. The molecule has 28 heavy (non-hydrogen) atoms. The summed E-state index contributed by atoms with van der Waals surface area (Å²) in [6.07, 6.45) is 1.91. The first-order chi connectivity index (χ1) is 13.4. The van der Waals surface area contributed by atoms with Gasteiger partial charge in [-0.05, 0) is 24.3 Å². The molecule has 0 saturated carbocycles. The van der Waals surface area contributed by atoms with Gasteiger partial charge in [0.25, 0.3) is 5.91 Å². The molecule has 9 nitrogen and oxygen atoms in total. The molecule has 1 aromatic carbocycles. The number of carboxylic acids is 1. The van der Waals surface area contributed by atoms with E-state index >= 15 is 0 Å². The van der Waals surface area contributed by atoms with Crippen molar-refractivity contribution in [3.8, 4) is 0 Å². The number of rotatable bonds is 6. The standard InChI is InChI=1S/C18H21FN6O3/c19-13-10-12(17(28)23-15(20)11-16(26)27)2-3-14(13)24-6-8-25(9-7-24)18-21-4-1-5-22-18/h1-5,10,15H,6-9,11,20H2,(H,23,28)(H,26,27). The van der Waals surface area contributed by atoms with Gasteiger partial charge in [0.1, 0.15) is 5.82 Å². The van der Waals surface area contributed by atoms with Gasteiger partial charge in [0, 0.05) is 44.1 Å². The summed E-state index contributed by atoms with van der Waals surface area (Å²) in [5, 5.41) is 11.0. The molecule has 1 aromatic heterocycles. The van der Waals surface area contributed by atoms with E-state index in [1.165, 1.54) is 6.07 Å². The molecule has 1 aliphatic heterocycles. The number of nitrogens with zero attached hydrogens (tertiary/aromatic N) is 4. The number of benzene rings is 1. The first-order valence-corrected chi connectivity index (χ1v) is 8.79. The summed E-state index contributed by atoms with van der Waals surface area (Å²) in [5.41, 5.74) is 6.01. The van der Waals surface area contributed by atoms with Gasteiger partial charge in [-0.2, -0.15) is 0 Å². The number of aromatic nitrogens is 2. The number of amides is 1. The molecule has 10 heteroatoms. The second kappa shape index (κ2) is 8.61. The fourth-order valence-electron chi connectivity index (χ4n) is 3.00. The van der Waals surface area contributed by atoms with Crippen LogP contribution in [0.2, 0.25) is 0 Å². The normalized spacial score (nSPS) is 15.2. The van der Waals surface area contributed by atoms with Crippen LogP contribution in [0.5, 0.6) is 0 Å². The van der Waals surface area contributed by atoms with Crippen molar-refractivity contribution in [2.24, 2.45) is 5.73 Å². The van der Waals surface area contributed by atoms with E-state index in [9.17, 15) is 14.0 Å². The second-order valence-electron chi connectivity index (χ2n) is 6.37. The van der Waals surface area contributed by atoms with E-state index in [1.54, 1.807) is 24.5 Å². The molecule has 1 fully saturated rings. The van der Waals surface area contributed by atoms with Gasteiger partial charge in [0.15, 0.2) is 0 Å². The first-order valence-electron chi connectivity index (χ1n) is 8.79. The topological polar surface area (TPSA) is 125 Å². The first kappa shape index (κ1) is 19.5. The van der Waals surface area contributed by atoms with E-state index in [2.05, 4.69) is 15.3 Å². The zero-order valence-electron chi connectivity index (χ0n) is 15.1. The Morgan fingerprint density at radius 1 is 1.18 bits per heavy atom. The average Bonchev–Trinajstić information content (AvgIpc) is 2.68. The van der Waals surface area contributed by atoms with Crippen molar-refractivity contribution in [1.29, 1.82) is 0 Å². The number of carboxylic acid groups (broad SMARTS) is 1. The van der Waals surface area contributed by atoms with Crippen molar-refractivity contribution in [2.45, 2.75) is 12.6 Å². The van der Waals surface area contributed by atoms with Gasteiger partial charge in [-0.15, -0.1) is 0 Å². The number of nitrogens with two attached hydrogens (primary N) is 1. The van der Waals surface area contributed by atoms with Crippen molar-refractivity contribution in [3.05, 3.63) is 48.0 Å². The summed E-state index contributed by atoms with van der Waals surface area (Å²) in [6, 6.07) is 5.92. The Labute approximate surface area is 161 Å². The van der Waals surface area contributed by atoms with Crippen LogP contribution in [0.3, 0.4) is 0 Å². The zero-order valence-corrected chi connectivity index (χ0v) is 15.1. The molecule has 1 unspecified atom stereocenters. The summed E-state index contributed by atoms with van der Waals surface area (Å²) >= 11 is 0. The average molecular weight is 388 g/mol. The van der Waals surface area contributed by atoms with Crippen LogP contribution in [0, 0.1) is 5.82 Å². The highest BCUT2D eigenvalue weighted by Gasteiger charge is 2.22. The third kappa shape index (κ3) is 4.71. The number of nitrogens with one attached hydrogen (secondary N) is 1. The summed E-state index contributed by atoms with van der Waals surface area (Å²) in [7, 11) is 0. The number of anilines is 2. The molecule has 1 aliphatic rings. The number of aliphatic carboxylic acids is 1. The minimum Gasteiger partial charge on any atom is -0.481 e. The van der Waals surface area contributed by atoms with Crippen molar-refractivity contribution in [3.63, 3.8) is 0 Å². The van der Waals surface area contributed by atoms with Crippen molar-refractivity contribution < 1.29 is 19.1 Å². The molecule has 2 aromatic rings. The Bertz CT molecular complexity index is 842. The van der Waals surface area contributed by atoms with Crippen LogP contribution in [0.15, 0.2) is 36.7 Å². The Morgan fingerprint density at radius 3 is 2.43 bits per heavy atom. The summed E-state index contributed by atoms with van der Waals surface area (Å²) in [4.78, 5) is 35.1. The third-order valence-electron chi connectivity index (χ3n) is 4.38. The van der Waals surface area contributed by atoms with Crippen LogP contribution in [-0.4, -0.2) is 59.3 Å². The van der Waals surface area contributed by atoms with Crippen LogP contribution in [0.1, 0.15) is 16.8 Å². The molecule has 3 rings (SSSR count). The highest BCUT2D eigenvalue weighted by molar-refractivity contribution is 5.95. The molecule has 2 heterocycles. The molecule has 1 amide bonds. The fourth-order valence-corrected chi connectivity index (χ4v) is 3.00. The molecule has 148 valence electrons. The van der Waals surface area contributed by atoms with E-state index in [4.69, 9.17) is 10.8 Å². The summed E-state index contributed by atoms with van der Waals surface area (Å²) in [5.74, 6) is -1.63. The van der Waals surface area contributed by atoms with E-state index in [1.807, 2.05) is 9.80 Å². The van der Waals surface area contributed by atoms with Crippen LogP contribution in [0.25, 0.3) is 0 Å². The molecular weight excluding hydrogens is 367 g/mol. The van der Waals surface area contributed by atoms with Crippen LogP contribution in [-0.2, 0) is 4.79 Å². The fraction of sp³-hybridized carbons (Fsp3) is 0.333. The Balaban J connectivity index is 1.62. The molecule has 0 bridgehead atoms. The Kier molecular flexibility index (Phi) is 5.99. The van der Waals surface area contributed by atoms with Crippen LogP contribution in [0.4, 0.5) is 16.0 Å². The maximum absolute atomic E-state index is 14.6. The highest BCUT2D eigenvalue weighted by atomic mass is 19.1. The quantitative estimate of drug-likeness (QED) is 0.609. The number of hydrogen-bond acceptors (Lipinski definition) is 7. The molecule has 0 aliphatic carbocycles. The number of piperazine rings is 1. The van der Waals surface area contributed by atoms with Gasteiger partial charge < -0.3 is 26.0 Å². The maximum atomic E-state index is 14.6. The van der Waals surface area contributed by atoms with Gasteiger partial charge in [-0.1, -0.05) is 0 Å². The van der Waals surface area contributed by atoms with E-state index in [0.717, 1.165) is 6.07 Å². The lowest BCUT2D eigenvalue weighted by molar-refractivity contribution is -0.137. The largest absolute Gasteiger partial charge is 0.481 e. The van der Waals surface area contributed by atoms with Gasteiger partial charge >= 0.3 is 5.97 Å². The van der Waals surface area contributed by atoms with Gasteiger partial charge in [0.05, 0.1) is 18.3 Å². The minimum atomic E-state index is -1.13. The van der Waals surface area contributed by atoms with Gasteiger partial charge in [-0.3, -0.25) is 9.59 Å². The Morgan fingerprint density at radius 2 is 1.82 bits per heavy atom. The second-order valence-corrected chi connectivity index (χ2v) is 6.37. The van der Waals surface area contributed by atoms with E-state index < -0.39 is 30.3 Å². The number of halogens is 1. The van der Waals surface area contributed by atoms with Gasteiger partial charge in [-0.25, -0.2) is 14.4 Å². The monoisotopic (exact) mass is 388 g/mol. The molecule has 1 atom stereocenters. The van der Waals surface area contributed by atoms with Crippen LogP contribution < -0.4 is 20.9 Å². The molecule has 4 N–H and O–H groups in total. The number of carbonyl (C=O) groups is 2. The molecule has 0 spiro atoms.